The maximum atomic E-state index is 12.3. The van der Waals surface area contributed by atoms with Gasteiger partial charge in [0.05, 0.1) is 11.4 Å². The van der Waals surface area contributed by atoms with Gasteiger partial charge in [0.15, 0.2) is 14.9 Å². The first-order chi connectivity index (χ1) is 15.3. The second-order valence-electron chi connectivity index (χ2n) is 9.28. The van der Waals surface area contributed by atoms with Crippen molar-refractivity contribution in [3.05, 3.63) is 53.5 Å². The van der Waals surface area contributed by atoms with Crippen molar-refractivity contribution in [2.45, 2.75) is 51.9 Å². The minimum atomic E-state index is -3.36. The van der Waals surface area contributed by atoms with E-state index in [1.165, 1.54) is 6.07 Å². The normalized spacial score (nSPS) is 16.8. The predicted octanol–water partition coefficient (Wildman–Crippen LogP) is 4.04. The van der Waals surface area contributed by atoms with Crippen LogP contribution in [0.2, 0.25) is 0 Å². The van der Waals surface area contributed by atoms with Gasteiger partial charge in [-0.25, -0.2) is 18.2 Å². The lowest BCUT2D eigenvalue weighted by Crippen LogP contribution is -2.41. The Morgan fingerprint density at radius 1 is 1.21 bits per heavy atom. The van der Waals surface area contributed by atoms with Crippen LogP contribution >= 0.6 is 0 Å². The molecule has 2 aromatic heterocycles. The lowest BCUT2D eigenvalue weighted by molar-refractivity contribution is 0.0251. The number of aromatic nitrogens is 2. The molecular weight excluding hydrogens is 442 g/mol. The Morgan fingerprint density at radius 3 is 2.48 bits per heavy atom. The van der Waals surface area contributed by atoms with Gasteiger partial charge >= 0.3 is 6.09 Å². The Labute approximate surface area is 195 Å². The minimum Gasteiger partial charge on any atom is -0.485 e. The first kappa shape index (κ1) is 24.7. The molecule has 1 unspecified atom stereocenters. The molecular formula is C24H31N3O5S. The lowest BCUT2D eigenvalue weighted by Gasteiger charge is -2.33. The second kappa shape index (κ2) is 9.51. The highest BCUT2D eigenvalue weighted by molar-refractivity contribution is 7.90. The summed E-state index contributed by atoms with van der Waals surface area (Å²) in [6.45, 7) is 10.7. The molecule has 0 N–H and O–H groups in total. The molecule has 0 saturated heterocycles. The standard InChI is InChI=1S/C24H31N3O5S/c1-16-14-27(23(28)32-24(3,4)5)12-11-20(16)18-7-8-19(25-13-18)15-31-21-9-10-22(26-17(21)2)33(6,29)30/h7-11,13,16H,12,14-15H2,1-6H3. The molecule has 1 amide bonds. The summed E-state index contributed by atoms with van der Waals surface area (Å²) in [5, 5.41) is 0.0231. The maximum Gasteiger partial charge on any atom is 0.410 e. The number of aryl methyl sites for hydroxylation is 1. The zero-order valence-electron chi connectivity index (χ0n) is 20.0. The molecule has 0 spiro atoms. The Balaban J connectivity index is 1.63. The number of rotatable bonds is 5. The van der Waals surface area contributed by atoms with Gasteiger partial charge in [-0.1, -0.05) is 19.1 Å². The van der Waals surface area contributed by atoms with Gasteiger partial charge in [0.2, 0.25) is 0 Å². The van der Waals surface area contributed by atoms with Gasteiger partial charge in [-0.2, -0.15) is 0 Å². The Hall–Kier alpha value is -2.94. The molecule has 8 nitrogen and oxygen atoms in total. The number of pyridine rings is 2. The largest absolute Gasteiger partial charge is 0.485 e. The van der Waals surface area contributed by atoms with E-state index in [0.717, 1.165) is 23.1 Å². The predicted molar refractivity (Wildman–Crippen MR) is 126 cm³/mol. The fourth-order valence-corrected chi connectivity index (χ4v) is 4.13. The van der Waals surface area contributed by atoms with Crippen molar-refractivity contribution in [3.8, 4) is 5.75 Å². The van der Waals surface area contributed by atoms with Crippen LogP contribution in [-0.4, -0.2) is 54.3 Å². The molecule has 3 rings (SSSR count). The third kappa shape index (κ3) is 6.54. The van der Waals surface area contributed by atoms with Gasteiger partial charge in [-0.3, -0.25) is 4.98 Å². The Kier molecular flexibility index (Phi) is 7.11. The highest BCUT2D eigenvalue weighted by Crippen LogP contribution is 2.28. The SMILES string of the molecule is Cc1nc(S(C)(=O)=O)ccc1OCc1ccc(C2=CCN(C(=O)OC(C)(C)C)CC2C)cn1. The van der Waals surface area contributed by atoms with Crippen molar-refractivity contribution >= 4 is 21.5 Å². The van der Waals surface area contributed by atoms with Crippen molar-refractivity contribution in [3.63, 3.8) is 0 Å². The molecule has 33 heavy (non-hydrogen) atoms. The summed E-state index contributed by atoms with van der Waals surface area (Å²) in [5.74, 6) is 0.663. The second-order valence-corrected chi connectivity index (χ2v) is 11.2. The number of amides is 1. The number of carbonyl (C=O) groups excluding carboxylic acids is 1. The minimum absolute atomic E-state index is 0.0231. The van der Waals surface area contributed by atoms with Gasteiger partial charge in [0, 0.05) is 25.5 Å². The number of sulfone groups is 1. The third-order valence-electron chi connectivity index (χ3n) is 5.13. The first-order valence-corrected chi connectivity index (χ1v) is 12.7. The summed E-state index contributed by atoms with van der Waals surface area (Å²) in [6.07, 6.45) is 4.68. The van der Waals surface area contributed by atoms with Crippen LogP contribution in [0.1, 0.15) is 44.6 Å². The van der Waals surface area contributed by atoms with E-state index >= 15 is 0 Å². The average Bonchev–Trinajstić information content (AvgIpc) is 2.71. The zero-order chi connectivity index (χ0) is 24.4. The van der Waals surface area contributed by atoms with Crippen molar-refractivity contribution in [2.75, 3.05) is 19.3 Å². The maximum absolute atomic E-state index is 12.3. The van der Waals surface area contributed by atoms with Crippen LogP contribution in [-0.2, 0) is 21.2 Å². The van der Waals surface area contributed by atoms with Crippen LogP contribution < -0.4 is 4.74 Å². The average molecular weight is 474 g/mol. The molecule has 9 heteroatoms. The highest BCUT2D eigenvalue weighted by atomic mass is 32.2. The van der Waals surface area contributed by atoms with Gasteiger partial charge in [0.25, 0.3) is 0 Å². The summed E-state index contributed by atoms with van der Waals surface area (Å²) in [4.78, 5) is 22.7. The molecule has 0 bridgehead atoms. The summed E-state index contributed by atoms with van der Waals surface area (Å²) >= 11 is 0. The van der Waals surface area contributed by atoms with E-state index in [9.17, 15) is 13.2 Å². The fourth-order valence-electron chi connectivity index (χ4n) is 3.51. The molecule has 0 aliphatic carbocycles. The van der Waals surface area contributed by atoms with Crippen LogP contribution in [0.4, 0.5) is 4.79 Å². The van der Waals surface area contributed by atoms with Crippen molar-refractivity contribution < 1.29 is 22.7 Å². The van der Waals surface area contributed by atoms with Crippen LogP contribution in [0.3, 0.4) is 0 Å². The van der Waals surface area contributed by atoms with Gasteiger partial charge in [-0.05, 0) is 62.9 Å². The fraction of sp³-hybridized carbons (Fsp3) is 0.458. The van der Waals surface area contributed by atoms with E-state index in [-0.39, 0.29) is 23.6 Å². The van der Waals surface area contributed by atoms with Crippen molar-refractivity contribution in [1.82, 2.24) is 14.9 Å². The molecule has 0 saturated carbocycles. The quantitative estimate of drug-likeness (QED) is 0.646. The van der Waals surface area contributed by atoms with E-state index in [1.807, 2.05) is 45.2 Å². The number of hydrogen-bond acceptors (Lipinski definition) is 7. The smallest absolute Gasteiger partial charge is 0.410 e. The molecule has 1 aliphatic heterocycles. The lowest BCUT2D eigenvalue weighted by atomic mass is 9.91. The van der Waals surface area contributed by atoms with Gasteiger partial charge in [-0.15, -0.1) is 0 Å². The van der Waals surface area contributed by atoms with Gasteiger partial charge in [0.1, 0.15) is 18.0 Å². The van der Waals surface area contributed by atoms with E-state index < -0.39 is 15.4 Å². The van der Waals surface area contributed by atoms with Crippen LogP contribution in [0.25, 0.3) is 5.57 Å². The number of ether oxygens (including phenoxy) is 2. The zero-order valence-corrected chi connectivity index (χ0v) is 20.8. The van der Waals surface area contributed by atoms with E-state index in [0.29, 0.717) is 24.5 Å². The topological polar surface area (TPSA) is 98.7 Å². The highest BCUT2D eigenvalue weighted by Gasteiger charge is 2.27. The molecule has 178 valence electrons. The number of nitrogens with zero attached hydrogens (tertiary/aromatic N) is 3. The molecule has 0 radical (unpaired) electrons. The van der Waals surface area contributed by atoms with E-state index in [2.05, 4.69) is 16.9 Å². The molecule has 3 heterocycles. The Morgan fingerprint density at radius 2 is 1.94 bits per heavy atom. The molecule has 0 fully saturated rings. The van der Waals surface area contributed by atoms with Crippen LogP contribution in [0, 0.1) is 12.8 Å². The van der Waals surface area contributed by atoms with Crippen LogP contribution in [0.15, 0.2) is 41.6 Å². The first-order valence-electron chi connectivity index (χ1n) is 10.8. The number of hydrogen-bond donors (Lipinski definition) is 0. The van der Waals surface area contributed by atoms with Crippen molar-refractivity contribution in [2.24, 2.45) is 5.92 Å². The van der Waals surface area contributed by atoms with Crippen LogP contribution in [0.5, 0.6) is 5.75 Å². The monoisotopic (exact) mass is 473 g/mol. The molecule has 1 aliphatic rings. The number of carbonyl (C=O) groups is 1. The van der Waals surface area contributed by atoms with Gasteiger partial charge < -0.3 is 14.4 Å². The van der Waals surface area contributed by atoms with E-state index in [4.69, 9.17) is 9.47 Å². The summed E-state index contributed by atoms with van der Waals surface area (Å²) in [7, 11) is -3.36. The molecule has 1 atom stereocenters. The summed E-state index contributed by atoms with van der Waals surface area (Å²) in [5.41, 5.74) is 2.88. The Bertz CT molecular complexity index is 1150. The van der Waals surface area contributed by atoms with E-state index in [1.54, 1.807) is 17.9 Å². The van der Waals surface area contributed by atoms with Crippen molar-refractivity contribution in [1.29, 1.82) is 0 Å². The summed E-state index contributed by atoms with van der Waals surface area (Å²) < 4.78 is 34.5. The molecule has 2 aromatic rings. The summed E-state index contributed by atoms with van der Waals surface area (Å²) in [6, 6.07) is 6.94. The third-order valence-corrected chi connectivity index (χ3v) is 6.12. The molecule has 0 aromatic carbocycles.